The lowest BCUT2D eigenvalue weighted by atomic mass is 9.94. The predicted molar refractivity (Wildman–Crippen MR) is 129 cm³/mol. The number of amides is 1. The van der Waals surface area contributed by atoms with Crippen LogP contribution in [0.4, 0.5) is 0 Å². The fraction of sp³-hybridized carbons (Fsp3) is 0.138. The number of ether oxygens (including phenoxy) is 2. The number of carbonyl (C=O) groups is 1. The van der Waals surface area contributed by atoms with E-state index < -0.39 is 0 Å². The molecule has 1 unspecified atom stereocenters. The number of carbonyl (C=O) groups excluding carboxylic acids is 1. The van der Waals surface area contributed by atoms with Crippen LogP contribution < -0.4 is 14.8 Å². The van der Waals surface area contributed by atoms with Crippen LogP contribution >= 0.6 is 0 Å². The van der Waals surface area contributed by atoms with E-state index in [1.807, 2.05) is 66.7 Å². The van der Waals surface area contributed by atoms with Crippen molar-refractivity contribution in [3.8, 4) is 22.6 Å². The monoisotopic (exact) mass is 435 g/mol. The van der Waals surface area contributed by atoms with E-state index in [2.05, 4.69) is 41.7 Å². The Bertz CT molecular complexity index is 1230. The van der Waals surface area contributed by atoms with Gasteiger partial charge in [-0.2, -0.15) is 0 Å². The minimum Gasteiger partial charge on any atom is -0.489 e. The summed E-state index contributed by atoms with van der Waals surface area (Å²) in [5, 5.41) is 2.96. The molecular formula is C29H25NO3. The summed E-state index contributed by atoms with van der Waals surface area (Å²) in [5.41, 5.74) is 5.33. The van der Waals surface area contributed by atoms with E-state index in [0.29, 0.717) is 19.6 Å². The van der Waals surface area contributed by atoms with Crippen molar-refractivity contribution in [1.82, 2.24) is 5.32 Å². The first-order valence-electron chi connectivity index (χ1n) is 11.1. The average molecular weight is 436 g/mol. The van der Waals surface area contributed by atoms with Gasteiger partial charge in [-0.25, -0.2) is 0 Å². The van der Waals surface area contributed by atoms with Gasteiger partial charge in [0.1, 0.15) is 24.7 Å². The van der Waals surface area contributed by atoms with Crippen LogP contribution in [0.2, 0.25) is 0 Å². The second kappa shape index (κ2) is 9.61. The summed E-state index contributed by atoms with van der Waals surface area (Å²) in [4.78, 5) is 11.5. The third-order valence-corrected chi connectivity index (χ3v) is 5.77. The normalized spacial score (nSPS) is 14.8. The Morgan fingerprint density at radius 1 is 0.697 bits per heavy atom. The molecule has 1 heterocycles. The van der Waals surface area contributed by atoms with Crippen LogP contribution in [-0.4, -0.2) is 5.91 Å². The topological polar surface area (TPSA) is 47.6 Å². The lowest BCUT2D eigenvalue weighted by molar-refractivity contribution is -0.128. The average Bonchev–Trinajstić information content (AvgIpc) is 2.86. The Kier molecular flexibility index (Phi) is 6.07. The maximum atomic E-state index is 11.5. The van der Waals surface area contributed by atoms with E-state index in [1.165, 1.54) is 0 Å². The molecule has 1 N–H and O–H groups in total. The maximum absolute atomic E-state index is 11.5. The van der Waals surface area contributed by atoms with E-state index >= 15 is 0 Å². The molecule has 0 saturated carbocycles. The molecule has 4 nitrogen and oxygen atoms in total. The van der Waals surface area contributed by atoms with Crippen LogP contribution in [0.3, 0.4) is 0 Å². The van der Waals surface area contributed by atoms with Gasteiger partial charge in [0.05, 0.1) is 12.5 Å². The molecule has 1 saturated heterocycles. The van der Waals surface area contributed by atoms with E-state index in [0.717, 1.165) is 39.3 Å². The van der Waals surface area contributed by atoms with Crippen molar-refractivity contribution in [2.24, 2.45) is 0 Å². The van der Waals surface area contributed by atoms with Crippen LogP contribution in [0.25, 0.3) is 11.1 Å². The van der Waals surface area contributed by atoms with Crippen molar-refractivity contribution in [2.45, 2.75) is 25.7 Å². The summed E-state index contributed by atoms with van der Waals surface area (Å²) in [6, 6.07) is 34.5. The predicted octanol–water partition coefficient (Wildman–Crippen LogP) is 6.07. The molecule has 1 aliphatic heterocycles. The second-order valence-electron chi connectivity index (χ2n) is 8.15. The second-order valence-corrected chi connectivity index (χ2v) is 8.15. The van der Waals surface area contributed by atoms with Gasteiger partial charge in [-0.1, -0.05) is 84.9 Å². The smallest absolute Gasteiger partial charge is 0.222 e. The lowest BCUT2D eigenvalue weighted by Gasteiger charge is -2.29. The maximum Gasteiger partial charge on any atom is 0.222 e. The standard InChI is InChI=1S/C29H25NO3/c31-29-18-27(30-29)26-15-14-24(17-28(26)33-20-22-10-5-2-6-11-22)23-12-7-13-25(16-23)32-19-21-8-3-1-4-9-21/h1-17,27H,18-20H2,(H,30,31). The molecule has 4 heteroatoms. The van der Waals surface area contributed by atoms with Gasteiger partial charge in [0.25, 0.3) is 0 Å². The van der Waals surface area contributed by atoms with Crippen LogP contribution in [0, 0.1) is 0 Å². The fourth-order valence-electron chi connectivity index (χ4n) is 3.91. The van der Waals surface area contributed by atoms with Crippen LogP contribution in [0.15, 0.2) is 103 Å². The number of rotatable bonds is 8. The van der Waals surface area contributed by atoms with Gasteiger partial charge in [-0.3, -0.25) is 4.79 Å². The molecule has 5 rings (SSSR count). The Hall–Kier alpha value is -4.05. The molecule has 0 radical (unpaired) electrons. The quantitative estimate of drug-likeness (QED) is 0.342. The van der Waals surface area contributed by atoms with Gasteiger partial charge < -0.3 is 14.8 Å². The van der Waals surface area contributed by atoms with Gasteiger partial charge in [0, 0.05) is 5.56 Å². The van der Waals surface area contributed by atoms with E-state index in [1.54, 1.807) is 0 Å². The molecule has 33 heavy (non-hydrogen) atoms. The zero-order valence-electron chi connectivity index (χ0n) is 18.2. The first-order chi connectivity index (χ1) is 16.2. The molecular weight excluding hydrogens is 410 g/mol. The highest BCUT2D eigenvalue weighted by Crippen LogP contribution is 2.36. The van der Waals surface area contributed by atoms with Crippen molar-refractivity contribution in [2.75, 3.05) is 0 Å². The number of β-lactam (4-membered cyclic amide) rings is 1. The first-order valence-corrected chi connectivity index (χ1v) is 11.1. The fourth-order valence-corrected chi connectivity index (χ4v) is 3.91. The third kappa shape index (κ3) is 5.07. The number of benzene rings is 4. The van der Waals surface area contributed by atoms with Crippen molar-refractivity contribution in [3.05, 3.63) is 120 Å². The number of hydrogen-bond acceptors (Lipinski definition) is 3. The molecule has 1 atom stereocenters. The summed E-state index contributed by atoms with van der Waals surface area (Å²) < 4.78 is 12.2. The van der Waals surface area contributed by atoms with E-state index in [-0.39, 0.29) is 11.9 Å². The Morgan fingerprint density at radius 2 is 1.33 bits per heavy atom. The van der Waals surface area contributed by atoms with Gasteiger partial charge in [-0.15, -0.1) is 0 Å². The molecule has 4 aromatic rings. The van der Waals surface area contributed by atoms with Crippen LogP contribution in [0.5, 0.6) is 11.5 Å². The van der Waals surface area contributed by atoms with Gasteiger partial charge in [-0.05, 0) is 40.5 Å². The van der Waals surface area contributed by atoms with Gasteiger partial charge in [0.2, 0.25) is 5.91 Å². The van der Waals surface area contributed by atoms with Gasteiger partial charge >= 0.3 is 0 Å². The number of hydrogen-bond donors (Lipinski definition) is 1. The van der Waals surface area contributed by atoms with E-state index in [4.69, 9.17) is 9.47 Å². The minimum absolute atomic E-state index is 0.00198. The largest absolute Gasteiger partial charge is 0.489 e. The van der Waals surface area contributed by atoms with Gasteiger partial charge in [0.15, 0.2) is 0 Å². The van der Waals surface area contributed by atoms with Crippen molar-refractivity contribution in [3.63, 3.8) is 0 Å². The van der Waals surface area contributed by atoms with Crippen molar-refractivity contribution < 1.29 is 14.3 Å². The minimum atomic E-state index is -0.00198. The highest BCUT2D eigenvalue weighted by Gasteiger charge is 2.29. The zero-order valence-corrected chi connectivity index (χ0v) is 18.2. The number of nitrogens with one attached hydrogen (secondary N) is 1. The molecule has 164 valence electrons. The molecule has 0 aliphatic carbocycles. The molecule has 0 spiro atoms. The molecule has 0 aromatic heterocycles. The Balaban J connectivity index is 1.38. The summed E-state index contributed by atoms with van der Waals surface area (Å²) in [7, 11) is 0. The molecule has 1 amide bonds. The summed E-state index contributed by atoms with van der Waals surface area (Å²) in [5.74, 6) is 1.68. The zero-order chi connectivity index (χ0) is 22.5. The highest BCUT2D eigenvalue weighted by atomic mass is 16.5. The summed E-state index contributed by atoms with van der Waals surface area (Å²) >= 11 is 0. The SMILES string of the molecule is O=C1CC(c2ccc(-c3cccc(OCc4ccccc4)c3)cc2OCc2ccccc2)N1. The molecule has 1 aliphatic rings. The Morgan fingerprint density at radius 3 is 2.00 bits per heavy atom. The molecule has 1 fully saturated rings. The van der Waals surface area contributed by atoms with Crippen LogP contribution in [-0.2, 0) is 18.0 Å². The Labute approximate surface area is 193 Å². The lowest BCUT2D eigenvalue weighted by Crippen LogP contribution is -2.41. The van der Waals surface area contributed by atoms with Crippen molar-refractivity contribution >= 4 is 5.91 Å². The summed E-state index contributed by atoms with van der Waals surface area (Å²) in [6.45, 7) is 0.994. The molecule has 4 aromatic carbocycles. The third-order valence-electron chi connectivity index (χ3n) is 5.77. The van der Waals surface area contributed by atoms with Crippen molar-refractivity contribution in [1.29, 1.82) is 0 Å². The molecule has 0 bridgehead atoms. The summed E-state index contributed by atoms with van der Waals surface area (Å²) in [6.07, 6.45) is 0.490. The highest BCUT2D eigenvalue weighted by molar-refractivity contribution is 5.84. The van der Waals surface area contributed by atoms with Crippen LogP contribution in [0.1, 0.15) is 29.2 Å². The first kappa shape index (κ1) is 20.8. The van der Waals surface area contributed by atoms with E-state index in [9.17, 15) is 4.79 Å².